The minimum Gasteiger partial charge on any atom is -0.469 e. The van der Waals surface area contributed by atoms with E-state index in [4.69, 9.17) is 9.47 Å². The van der Waals surface area contributed by atoms with Gasteiger partial charge in [0.05, 0.1) is 19.6 Å². The summed E-state index contributed by atoms with van der Waals surface area (Å²) in [4.78, 5) is 37.1. The van der Waals surface area contributed by atoms with Crippen LogP contribution in [0, 0.1) is 5.92 Å². The van der Waals surface area contributed by atoms with Crippen LogP contribution < -0.4 is 4.74 Å². The number of nitrogens with zero attached hydrogens (tertiary/aromatic N) is 1. The second-order valence-electron chi connectivity index (χ2n) is 5.42. The zero-order chi connectivity index (χ0) is 17.5. The first-order valence-electron chi connectivity index (χ1n) is 7.87. The normalized spacial score (nSPS) is 17.1. The summed E-state index contributed by atoms with van der Waals surface area (Å²) in [6.07, 6.45) is 0.701. The maximum atomic E-state index is 12.5. The molecule has 0 saturated carbocycles. The first-order valence-corrected chi connectivity index (χ1v) is 7.87. The van der Waals surface area contributed by atoms with Gasteiger partial charge in [0.15, 0.2) is 0 Å². The van der Waals surface area contributed by atoms with E-state index in [1.54, 1.807) is 24.0 Å². The summed E-state index contributed by atoms with van der Waals surface area (Å²) in [6, 6.07) is 6.23. The molecule has 1 atom stereocenters. The van der Waals surface area contributed by atoms with Crippen LogP contribution in [0.4, 0.5) is 4.79 Å². The molecule has 1 saturated heterocycles. The number of hydrogen-bond donors (Lipinski definition) is 0. The van der Waals surface area contributed by atoms with Gasteiger partial charge in [-0.15, -0.1) is 0 Å². The molecule has 0 aliphatic carbocycles. The highest BCUT2D eigenvalue weighted by Crippen LogP contribution is 2.21. The topological polar surface area (TPSA) is 82.1 Å². The number of ether oxygens (including phenoxy) is 3. The van der Waals surface area contributed by atoms with Gasteiger partial charge in [-0.3, -0.25) is 9.59 Å². The number of methoxy groups -OCH3 is 1. The van der Waals surface area contributed by atoms with Gasteiger partial charge in [-0.25, -0.2) is 4.79 Å². The van der Waals surface area contributed by atoms with E-state index in [9.17, 15) is 14.4 Å². The minimum atomic E-state index is -0.784. The molecule has 1 amide bonds. The Labute approximate surface area is 140 Å². The van der Waals surface area contributed by atoms with Gasteiger partial charge in [0.2, 0.25) is 0 Å². The van der Waals surface area contributed by atoms with Crippen molar-refractivity contribution in [2.45, 2.75) is 19.8 Å². The van der Waals surface area contributed by atoms with E-state index in [1.807, 2.05) is 0 Å². The highest BCUT2D eigenvalue weighted by molar-refractivity contribution is 5.94. The molecule has 0 aromatic heterocycles. The lowest BCUT2D eigenvalue weighted by atomic mass is 9.97. The number of carbonyl (C=O) groups excluding carboxylic acids is 3. The SMILES string of the molecule is CCOC(=O)Oc1ccc(C(=O)N2CCCC(C(=O)OC)C2)cc1. The highest BCUT2D eigenvalue weighted by atomic mass is 16.7. The van der Waals surface area contributed by atoms with Crippen molar-refractivity contribution in [2.75, 3.05) is 26.8 Å². The van der Waals surface area contributed by atoms with Crippen molar-refractivity contribution in [3.8, 4) is 5.75 Å². The summed E-state index contributed by atoms with van der Waals surface area (Å²) in [5, 5.41) is 0. The van der Waals surface area contributed by atoms with Crippen molar-refractivity contribution >= 4 is 18.0 Å². The van der Waals surface area contributed by atoms with Gasteiger partial charge in [0.25, 0.3) is 5.91 Å². The van der Waals surface area contributed by atoms with Gasteiger partial charge in [0, 0.05) is 18.7 Å². The fourth-order valence-corrected chi connectivity index (χ4v) is 2.61. The van der Waals surface area contributed by atoms with Crippen molar-refractivity contribution in [1.29, 1.82) is 0 Å². The Balaban J connectivity index is 1.99. The van der Waals surface area contributed by atoms with Crippen molar-refractivity contribution in [3.63, 3.8) is 0 Å². The summed E-state index contributed by atoms with van der Waals surface area (Å²) >= 11 is 0. The quantitative estimate of drug-likeness (QED) is 0.620. The third-order valence-electron chi connectivity index (χ3n) is 3.81. The molecule has 1 aromatic carbocycles. The van der Waals surface area contributed by atoms with E-state index >= 15 is 0 Å². The number of likely N-dealkylation sites (tertiary alicyclic amines) is 1. The van der Waals surface area contributed by atoms with Crippen molar-refractivity contribution in [3.05, 3.63) is 29.8 Å². The average Bonchev–Trinajstić information content (AvgIpc) is 2.61. The number of piperidine rings is 1. The molecule has 1 aliphatic heterocycles. The standard InChI is InChI=1S/C17H21NO6/c1-3-23-17(21)24-14-8-6-12(7-9-14)15(19)18-10-4-5-13(11-18)16(20)22-2/h6-9,13H,3-5,10-11H2,1-2H3. The average molecular weight is 335 g/mol. The van der Waals surface area contributed by atoms with E-state index in [0.717, 1.165) is 12.8 Å². The predicted octanol–water partition coefficient (Wildman–Crippen LogP) is 2.25. The van der Waals surface area contributed by atoms with Crippen LogP contribution in [0.1, 0.15) is 30.1 Å². The molecular formula is C17H21NO6. The molecule has 1 fully saturated rings. The maximum absolute atomic E-state index is 12.5. The smallest absolute Gasteiger partial charge is 0.469 e. The van der Waals surface area contributed by atoms with E-state index in [1.165, 1.54) is 19.2 Å². The monoisotopic (exact) mass is 335 g/mol. The molecule has 0 radical (unpaired) electrons. The fraction of sp³-hybridized carbons (Fsp3) is 0.471. The van der Waals surface area contributed by atoms with E-state index in [2.05, 4.69) is 4.74 Å². The van der Waals surface area contributed by atoms with Crippen LogP contribution in [-0.2, 0) is 14.3 Å². The summed E-state index contributed by atoms with van der Waals surface area (Å²) in [5.41, 5.74) is 0.469. The van der Waals surface area contributed by atoms with Crippen LogP contribution in [0.3, 0.4) is 0 Å². The molecule has 24 heavy (non-hydrogen) atoms. The third kappa shape index (κ3) is 4.47. The van der Waals surface area contributed by atoms with Crippen molar-refractivity contribution in [2.24, 2.45) is 5.92 Å². The molecule has 7 heteroatoms. The summed E-state index contributed by atoms with van der Waals surface area (Å²) in [7, 11) is 1.35. The van der Waals surface area contributed by atoms with Crippen molar-refractivity contribution < 1.29 is 28.6 Å². The molecule has 1 aliphatic rings. The first kappa shape index (κ1) is 17.8. The molecule has 0 spiro atoms. The second kappa shape index (κ2) is 8.33. The Morgan fingerprint density at radius 1 is 1.21 bits per heavy atom. The summed E-state index contributed by atoms with van der Waals surface area (Å²) < 4.78 is 14.4. The van der Waals surface area contributed by atoms with Gasteiger partial charge in [-0.2, -0.15) is 0 Å². The van der Waals surface area contributed by atoms with Crippen LogP contribution in [0.5, 0.6) is 5.75 Å². The molecule has 0 N–H and O–H groups in total. The molecule has 2 rings (SSSR count). The zero-order valence-corrected chi connectivity index (χ0v) is 13.8. The van der Waals surface area contributed by atoms with Gasteiger partial charge in [-0.1, -0.05) is 0 Å². The first-order chi connectivity index (χ1) is 11.5. The van der Waals surface area contributed by atoms with Crippen molar-refractivity contribution in [1.82, 2.24) is 4.90 Å². The molecule has 7 nitrogen and oxygen atoms in total. The number of hydrogen-bond acceptors (Lipinski definition) is 6. The van der Waals surface area contributed by atoms with Gasteiger partial charge >= 0.3 is 12.1 Å². The molecule has 0 bridgehead atoms. The lowest BCUT2D eigenvalue weighted by Crippen LogP contribution is -2.42. The molecular weight excluding hydrogens is 314 g/mol. The Kier molecular flexibility index (Phi) is 6.17. The van der Waals surface area contributed by atoms with Crippen LogP contribution >= 0.6 is 0 Å². The Morgan fingerprint density at radius 2 is 1.92 bits per heavy atom. The number of rotatable bonds is 4. The molecule has 1 heterocycles. The molecule has 130 valence electrons. The van der Waals surface area contributed by atoms with Crippen LogP contribution in [0.2, 0.25) is 0 Å². The maximum Gasteiger partial charge on any atom is 0.513 e. The third-order valence-corrected chi connectivity index (χ3v) is 3.81. The second-order valence-corrected chi connectivity index (χ2v) is 5.42. The Bertz CT molecular complexity index is 598. The number of amides is 1. The van der Waals surface area contributed by atoms with Crippen LogP contribution in [0.25, 0.3) is 0 Å². The number of esters is 1. The largest absolute Gasteiger partial charge is 0.513 e. The Morgan fingerprint density at radius 3 is 2.54 bits per heavy atom. The summed E-state index contributed by atoms with van der Waals surface area (Å²) in [6.45, 7) is 2.87. The van der Waals surface area contributed by atoms with Gasteiger partial charge < -0.3 is 19.1 Å². The Hall–Kier alpha value is -2.57. The van der Waals surface area contributed by atoms with E-state index in [0.29, 0.717) is 24.4 Å². The zero-order valence-electron chi connectivity index (χ0n) is 13.8. The van der Waals surface area contributed by atoms with Crippen LogP contribution in [0.15, 0.2) is 24.3 Å². The lowest BCUT2D eigenvalue weighted by molar-refractivity contribution is -0.146. The lowest BCUT2D eigenvalue weighted by Gasteiger charge is -2.31. The van der Waals surface area contributed by atoms with E-state index in [-0.39, 0.29) is 24.4 Å². The van der Waals surface area contributed by atoms with Gasteiger partial charge in [0.1, 0.15) is 5.75 Å². The number of carbonyl (C=O) groups is 3. The molecule has 1 aromatic rings. The van der Waals surface area contributed by atoms with Crippen LogP contribution in [-0.4, -0.2) is 49.7 Å². The minimum absolute atomic E-state index is 0.161. The van der Waals surface area contributed by atoms with Gasteiger partial charge in [-0.05, 0) is 44.0 Å². The predicted molar refractivity (Wildman–Crippen MR) is 84.7 cm³/mol. The number of benzene rings is 1. The fourth-order valence-electron chi connectivity index (χ4n) is 2.61. The molecule has 1 unspecified atom stereocenters. The highest BCUT2D eigenvalue weighted by Gasteiger charge is 2.29. The van der Waals surface area contributed by atoms with E-state index < -0.39 is 6.16 Å². The summed E-state index contributed by atoms with van der Waals surface area (Å²) in [5.74, 6) is -0.424.